The molecule has 0 amide bonds. The van der Waals surface area contributed by atoms with Gasteiger partial charge in [0.2, 0.25) is 0 Å². The monoisotopic (exact) mass is 555 g/mol. The minimum Gasteiger partial charge on any atom is -0.477 e. The Kier molecular flexibility index (Phi) is 6.95. The molecule has 1 atom stereocenters. The van der Waals surface area contributed by atoms with Crippen molar-refractivity contribution in [3.63, 3.8) is 0 Å². The summed E-state index contributed by atoms with van der Waals surface area (Å²) < 4.78 is 12.9. The number of hydrogen-bond acceptors (Lipinski definition) is 6. The first kappa shape index (κ1) is 22.5. The van der Waals surface area contributed by atoms with Crippen molar-refractivity contribution < 1.29 is 14.3 Å². The molecule has 7 nitrogen and oxygen atoms in total. The fourth-order valence-electron chi connectivity index (χ4n) is 2.71. The highest BCUT2D eigenvalue weighted by molar-refractivity contribution is 9.10. The van der Waals surface area contributed by atoms with E-state index in [2.05, 4.69) is 41.9 Å². The van der Waals surface area contributed by atoms with Crippen LogP contribution in [0.15, 0.2) is 49.2 Å². The number of fused-ring (bicyclic) bond motifs is 1. The predicted molar refractivity (Wildman–Crippen MR) is 123 cm³/mol. The highest BCUT2D eigenvalue weighted by Gasteiger charge is 2.19. The topological polar surface area (TPSA) is 82.8 Å². The molecule has 1 aromatic heterocycles. The predicted octanol–water partition coefficient (Wildman–Crippen LogP) is 4.71. The van der Waals surface area contributed by atoms with Gasteiger partial charge in [0.05, 0.1) is 28.7 Å². The number of esters is 1. The van der Waals surface area contributed by atoms with E-state index in [0.29, 0.717) is 37.5 Å². The SMILES string of the molecule is COC(=O)[C@@H](C)Oc1c(Br)cc(Cl)cc1C=Nn1c(C)nc2ccc(Br)cc2c1=O. The molecule has 0 N–H and O–H groups in total. The van der Waals surface area contributed by atoms with Crippen molar-refractivity contribution in [1.82, 2.24) is 9.66 Å². The van der Waals surface area contributed by atoms with E-state index >= 15 is 0 Å². The molecule has 0 bridgehead atoms. The average molecular weight is 558 g/mol. The zero-order chi connectivity index (χ0) is 22.0. The van der Waals surface area contributed by atoms with Crippen LogP contribution in [-0.2, 0) is 9.53 Å². The zero-order valence-electron chi connectivity index (χ0n) is 16.1. The van der Waals surface area contributed by atoms with Gasteiger partial charge < -0.3 is 9.47 Å². The number of nitrogens with zero attached hydrogens (tertiary/aromatic N) is 3. The Morgan fingerprint density at radius 2 is 2.03 bits per heavy atom. The van der Waals surface area contributed by atoms with E-state index in [1.807, 2.05) is 6.07 Å². The number of carbonyl (C=O) groups excluding carboxylic acids is 1. The molecule has 1 heterocycles. The van der Waals surface area contributed by atoms with Crippen molar-refractivity contribution in [2.24, 2.45) is 5.10 Å². The lowest BCUT2D eigenvalue weighted by Crippen LogP contribution is -2.25. The summed E-state index contributed by atoms with van der Waals surface area (Å²) in [5, 5.41) is 5.14. The van der Waals surface area contributed by atoms with Gasteiger partial charge in [-0.2, -0.15) is 9.78 Å². The molecule has 0 spiro atoms. The van der Waals surface area contributed by atoms with Crippen LogP contribution in [0.1, 0.15) is 18.3 Å². The van der Waals surface area contributed by atoms with Crippen LogP contribution in [0.3, 0.4) is 0 Å². The van der Waals surface area contributed by atoms with Gasteiger partial charge >= 0.3 is 5.97 Å². The fraction of sp³-hybridized carbons (Fsp3) is 0.200. The molecule has 0 fully saturated rings. The molecule has 0 aliphatic rings. The van der Waals surface area contributed by atoms with Gasteiger partial charge in [0.1, 0.15) is 11.6 Å². The van der Waals surface area contributed by atoms with Crippen molar-refractivity contribution in [3.05, 3.63) is 66.0 Å². The molecule has 0 saturated carbocycles. The maximum atomic E-state index is 12.9. The Morgan fingerprint density at radius 3 is 2.73 bits per heavy atom. The number of carbonyl (C=O) groups is 1. The van der Waals surface area contributed by atoms with Crippen LogP contribution >= 0.6 is 43.5 Å². The van der Waals surface area contributed by atoms with E-state index in [1.165, 1.54) is 18.0 Å². The molecular weight excluding hydrogens is 541 g/mol. The summed E-state index contributed by atoms with van der Waals surface area (Å²) in [4.78, 5) is 29.1. The van der Waals surface area contributed by atoms with Crippen molar-refractivity contribution in [2.75, 3.05) is 7.11 Å². The van der Waals surface area contributed by atoms with Crippen molar-refractivity contribution in [1.29, 1.82) is 0 Å². The number of hydrogen-bond donors (Lipinski definition) is 0. The molecule has 2 aromatic carbocycles. The molecule has 3 aromatic rings. The highest BCUT2D eigenvalue weighted by Crippen LogP contribution is 2.33. The lowest BCUT2D eigenvalue weighted by molar-refractivity contribution is -0.147. The number of aromatic nitrogens is 2. The quantitative estimate of drug-likeness (QED) is 0.335. The van der Waals surface area contributed by atoms with Crippen LogP contribution in [0.2, 0.25) is 5.02 Å². The molecule has 0 aliphatic heterocycles. The van der Waals surface area contributed by atoms with Crippen molar-refractivity contribution in [2.45, 2.75) is 20.0 Å². The standard InChI is InChI=1S/C20H16Br2ClN3O4/c1-10(20(28)29-3)30-18-12(6-14(23)8-16(18)22)9-24-26-11(2)25-17-5-4-13(21)7-15(17)19(26)27/h4-10H,1-3H3/t10-/m1/s1. The minimum absolute atomic E-state index is 0.318. The first-order valence-corrected chi connectivity index (χ1v) is 10.6. The summed E-state index contributed by atoms with van der Waals surface area (Å²) in [5.41, 5.74) is 0.723. The van der Waals surface area contributed by atoms with Crippen molar-refractivity contribution >= 4 is 66.5 Å². The Bertz CT molecular complexity index is 1230. The van der Waals surface area contributed by atoms with Gasteiger partial charge in [-0.1, -0.05) is 27.5 Å². The molecule has 3 rings (SSSR count). The van der Waals surface area contributed by atoms with Gasteiger partial charge in [-0.25, -0.2) is 9.78 Å². The van der Waals surface area contributed by atoms with Crippen LogP contribution in [0.4, 0.5) is 0 Å². The largest absolute Gasteiger partial charge is 0.477 e. The van der Waals surface area contributed by atoms with Crippen LogP contribution in [0.5, 0.6) is 5.75 Å². The van der Waals surface area contributed by atoms with Crippen LogP contribution < -0.4 is 10.3 Å². The third-order valence-corrected chi connectivity index (χ3v) is 5.45. The minimum atomic E-state index is -0.858. The van der Waals surface area contributed by atoms with E-state index < -0.39 is 12.1 Å². The number of halogens is 3. The lowest BCUT2D eigenvalue weighted by Gasteiger charge is -2.16. The summed E-state index contributed by atoms with van der Waals surface area (Å²) >= 11 is 12.9. The second-order valence-corrected chi connectivity index (χ2v) is 8.48. The summed E-state index contributed by atoms with van der Waals surface area (Å²) in [5.74, 6) is 0.219. The summed E-state index contributed by atoms with van der Waals surface area (Å²) in [6, 6.07) is 8.51. The number of benzene rings is 2. The molecule has 0 aliphatic carbocycles. The second kappa shape index (κ2) is 9.28. The average Bonchev–Trinajstić information content (AvgIpc) is 2.70. The maximum Gasteiger partial charge on any atom is 0.346 e. The van der Waals surface area contributed by atoms with E-state index in [9.17, 15) is 9.59 Å². The fourth-order valence-corrected chi connectivity index (χ4v) is 4.00. The smallest absolute Gasteiger partial charge is 0.346 e. The van der Waals surface area contributed by atoms with E-state index in [-0.39, 0.29) is 5.56 Å². The summed E-state index contributed by atoms with van der Waals surface area (Å²) in [6.07, 6.45) is 0.569. The molecule has 0 radical (unpaired) electrons. The third-order valence-electron chi connectivity index (χ3n) is 4.15. The van der Waals surface area contributed by atoms with Gasteiger partial charge in [0, 0.05) is 15.1 Å². The number of methoxy groups -OCH3 is 1. The summed E-state index contributed by atoms with van der Waals surface area (Å²) in [7, 11) is 1.28. The Balaban J connectivity index is 2.08. The molecule has 0 saturated heterocycles. The number of ether oxygens (including phenoxy) is 2. The van der Waals surface area contributed by atoms with Crippen LogP contribution in [0, 0.1) is 6.92 Å². The van der Waals surface area contributed by atoms with Crippen LogP contribution in [-0.4, -0.2) is 35.1 Å². The van der Waals surface area contributed by atoms with Crippen LogP contribution in [0.25, 0.3) is 10.9 Å². The van der Waals surface area contributed by atoms with Gasteiger partial charge in [-0.3, -0.25) is 4.79 Å². The lowest BCUT2D eigenvalue weighted by atomic mass is 10.2. The normalized spacial score (nSPS) is 12.3. The van der Waals surface area contributed by atoms with E-state index in [4.69, 9.17) is 21.1 Å². The Labute approximate surface area is 193 Å². The first-order chi connectivity index (χ1) is 14.2. The molecule has 10 heteroatoms. The number of aryl methyl sites for hydroxylation is 1. The molecular formula is C20H16Br2ClN3O4. The van der Waals surface area contributed by atoms with Gasteiger partial charge in [-0.05, 0) is 60.1 Å². The molecule has 0 unspecified atom stereocenters. The Hall–Kier alpha value is -2.23. The number of rotatable bonds is 5. The highest BCUT2D eigenvalue weighted by atomic mass is 79.9. The van der Waals surface area contributed by atoms with Gasteiger partial charge in [0.25, 0.3) is 5.56 Å². The summed E-state index contributed by atoms with van der Waals surface area (Å²) in [6.45, 7) is 3.25. The zero-order valence-corrected chi connectivity index (χ0v) is 20.1. The Morgan fingerprint density at radius 1 is 1.30 bits per heavy atom. The third kappa shape index (κ3) is 4.74. The molecule has 30 heavy (non-hydrogen) atoms. The van der Waals surface area contributed by atoms with Crippen molar-refractivity contribution in [3.8, 4) is 5.75 Å². The molecule has 156 valence electrons. The van der Waals surface area contributed by atoms with Gasteiger partial charge in [0.15, 0.2) is 6.10 Å². The van der Waals surface area contributed by atoms with E-state index in [1.54, 1.807) is 38.1 Å². The van der Waals surface area contributed by atoms with Gasteiger partial charge in [-0.15, -0.1) is 0 Å². The second-order valence-electron chi connectivity index (χ2n) is 6.27. The van der Waals surface area contributed by atoms with E-state index in [0.717, 1.165) is 4.47 Å². The maximum absolute atomic E-state index is 12.9. The first-order valence-electron chi connectivity index (χ1n) is 8.68.